The Morgan fingerprint density at radius 1 is 0.936 bits per heavy atom. The monoisotopic (exact) mass is 685 g/mol. The largest absolute Gasteiger partial charge is 0.491 e. The van der Waals surface area contributed by atoms with E-state index in [1.165, 1.54) is 16.4 Å². The highest BCUT2D eigenvalue weighted by Crippen LogP contribution is 2.46. The Balaban J connectivity index is 0.974. The first-order valence-corrected chi connectivity index (χ1v) is 18.9. The lowest BCUT2D eigenvalue weighted by molar-refractivity contribution is -0.0312. The lowest BCUT2D eigenvalue weighted by atomic mass is 9.88. The first-order chi connectivity index (χ1) is 22.5. The van der Waals surface area contributed by atoms with E-state index in [-0.39, 0.29) is 29.0 Å². The average molecular weight is 686 g/mol. The van der Waals surface area contributed by atoms with Gasteiger partial charge in [0, 0.05) is 32.2 Å². The van der Waals surface area contributed by atoms with Crippen LogP contribution in [0.1, 0.15) is 37.7 Å². The maximum atomic E-state index is 13.6. The molecule has 0 unspecified atom stereocenters. The number of hydrogen-bond donors (Lipinski definition) is 4. The molecule has 11 nitrogen and oxygen atoms in total. The van der Waals surface area contributed by atoms with E-state index in [2.05, 4.69) is 5.32 Å². The molecule has 1 spiro atoms. The van der Waals surface area contributed by atoms with Crippen molar-refractivity contribution in [1.82, 2.24) is 9.62 Å². The number of benzene rings is 3. The molecule has 254 valence electrons. The first kappa shape index (κ1) is 34.0. The van der Waals surface area contributed by atoms with Crippen molar-refractivity contribution in [3.8, 4) is 16.9 Å². The zero-order valence-electron chi connectivity index (χ0n) is 26.3. The molecule has 0 radical (unpaired) electrons. The van der Waals surface area contributed by atoms with Gasteiger partial charge in [-0.3, -0.25) is 0 Å². The summed E-state index contributed by atoms with van der Waals surface area (Å²) < 4.78 is 65.3. The molecule has 13 heteroatoms. The zero-order chi connectivity index (χ0) is 33.3. The summed E-state index contributed by atoms with van der Waals surface area (Å²) >= 11 is 0. The molecule has 3 aromatic rings. The van der Waals surface area contributed by atoms with Gasteiger partial charge in [0.25, 0.3) is 0 Å². The lowest BCUT2D eigenvalue weighted by Crippen LogP contribution is -2.47. The summed E-state index contributed by atoms with van der Waals surface area (Å²) in [6, 6.07) is 21.0. The molecular formula is C34H43N3O8S2. The minimum absolute atomic E-state index is 0.00293. The molecule has 0 amide bonds. The normalized spacial score (nSPS) is 21.5. The minimum Gasteiger partial charge on any atom is -0.491 e. The third kappa shape index (κ3) is 7.13. The SMILES string of the molecule is NCc1ccc(-c2cccc(S(=O)(=O)N3CCC4(CC3)C[C@@H](NC[C@H](O)COc3cccc(S(=O)(=O)C5(CO)CC5)c3)CO4)c2)cc1. The Hall–Kier alpha value is -2.88. The fraction of sp³-hybridized carbons (Fsp3) is 0.471. The van der Waals surface area contributed by atoms with Gasteiger partial charge in [0.2, 0.25) is 10.0 Å². The van der Waals surface area contributed by atoms with Gasteiger partial charge in [-0.15, -0.1) is 0 Å². The predicted octanol–water partition coefficient (Wildman–Crippen LogP) is 2.45. The summed E-state index contributed by atoms with van der Waals surface area (Å²) in [5, 5.41) is 23.5. The Bertz CT molecular complexity index is 1770. The van der Waals surface area contributed by atoms with Crippen molar-refractivity contribution in [3.05, 3.63) is 78.4 Å². The molecule has 47 heavy (non-hydrogen) atoms. The molecule has 5 N–H and O–H groups in total. The molecular weight excluding hydrogens is 643 g/mol. The fourth-order valence-electron chi connectivity index (χ4n) is 6.46. The van der Waals surface area contributed by atoms with Crippen LogP contribution in [0.2, 0.25) is 0 Å². The van der Waals surface area contributed by atoms with Crippen molar-refractivity contribution in [1.29, 1.82) is 0 Å². The quantitative estimate of drug-likeness (QED) is 0.210. The van der Waals surface area contributed by atoms with Crippen LogP contribution < -0.4 is 15.8 Å². The Morgan fingerprint density at radius 2 is 1.64 bits per heavy atom. The number of piperidine rings is 1. The van der Waals surface area contributed by atoms with Crippen LogP contribution in [0.3, 0.4) is 0 Å². The number of nitrogens with two attached hydrogens (primary N) is 1. The van der Waals surface area contributed by atoms with Crippen LogP contribution in [0.4, 0.5) is 0 Å². The summed E-state index contributed by atoms with van der Waals surface area (Å²) in [6.45, 7) is 1.43. The van der Waals surface area contributed by atoms with E-state index < -0.39 is 42.9 Å². The first-order valence-electron chi connectivity index (χ1n) is 16.0. The lowest BCUT2D eigenvalue weighted by Gasteiger charge is -2.38. The topological polar surface area (TPSA) is 168 Å². The van der Waals surface area contributed by atoms with E-state index in [0.717, 1.165) is 16.7 Å². The molecule has 2 saturated heterocycles. The van der Waals surface area contributed by atoms with Crippen molar-refractivity contribution in [2.75, 3.05) is 39.5 Å². The number of aliphatic hydroxyl groups excluding tert-OH is 2. The number of nitrogens with one attached hydrogen (secondary N) is 1. The van der Waals surface area contributed by atoms with Crippen LogP contribution in [0.15, 0.2) is 82.6 Å². The maximum Gasteiger partial charge on any atom is 0.243 e. The summed E-state index contributed by atoms with van der Waals surface area (Å²) in [5.41, 5.74) is 8.05. The molecule has 1 saturated carbocycles. The van der Waals surface area contributed by atoms with Gasteiger partial charge >= 0.3 is 0 Å². The molecule has 0 aromatic heterocycles. The van der Waals surface area contributed by atoms with Gasteiger partial charge in [-0.1, -0.05) is 42.5 Å². The van der Waals surface area contributed by atoms with Gasteiger partial charge < -0.3 is 30.7 Å². The van der Waals surface area contributed by atoms with Crippen LogP contribution in [0.5, 0.6) is 5.75 Å². The van der Waals surface area contributed by atoms with Gasteiger partial charge in [-0.05, 0) is 79.1 Å². The van der Waals surface area contributed by atoms with Crippen molar-refractivity contribution >= 4 is 19.9 Å². The summed E-state index contributed by atoms with van der Waals surface area (Å²) in [6.07, 6.45) is 1.88. The van der Waals surface area contributed by atoms with E-state index in [1.807, 2.05) is 30.3 Å². The number of aliphatic hydroxyl groups is 2. The van der Waals surface area contributed by atoms with Crippen molar-refractivity contribution in [3.63, 3.8) is 0 Å². The summed E-state index contributed by atoms with van der Waals surface area (Å²) in [7, 11) is -7.35. The molecule has 3 fully saturated rings. The van der Waals surface area contributed by atoms with Crippen LogP contribution in [0, 0.1) is 0 Å². The molecule has 3 aromatic carbocycles. The molecule has 1 aliphatic carbocycles. The highest BCUT2D eigenvalue weighted by atomic mass is 32.2. The average Bonchev–Trinajstić information content (AvgIpc) is 3.83. The van der Waals surface area contributed by atoms with Gasteiger partial charge in [-0.2, -0.15) is 4.31 Å². The van der Waals surface area contributed by atoms with E-state index in [9.17, 15) is 27.0 Å². The molecule has 6 rings (SSSR count). The third-order valence-corrected chi connectivity index (χ3v) is 14.2. The van der Waals surface area contributed by atoms with E-state index in [0.29, 0.717) is 64.1 Å². The molecule has 0 bridgehead atoms. The van der Waals surface area contributed by atoms with Crippen molar-refractivity contribution < 1.29 is 36.5 Å². The van der Waals surface area contributed by atoms with Gasteiger partial charge in [0.15, 0.2) is 9.84 Å². The molecule has 2 atom stereocenters. The second-order valence-corrected chi connectivity index (χ2v) is 17.2. The number of sulfonamides is 1. The van der Waals surface area contributed by atoms with Gasteiger partial charge in [0.1, 0.15) is 18.5 Å². The minimum atomic E-state index is -3.68. The molecule has 3 aliphatic rings. The third-order valence-electron chi connectivity index (χ3n) is 9.70. The highest BCUT2D eigenvalue weighted by molar-refractivity contribution is 7.93. The fourth-order valence-corrected chi connectivity index (χ4v) is 9.79. The van der Waals surface area contributed by atoms with Crippen LogP contribution >= 0.6 is 0 Å². The molecule has 2 heterocycles. The number of nitrogens with zero attached hydrogens (tertiary/aromatic N) is 1. The Labute approximate surface area is 276 Å². The van der Waals surface area contributed by atoms with Crippen molar-refractivity contribution in [2.45, 2.75) is 70.9 Å². The number of ether oxygens (including phenoxy) is 2. The van der Waals surface area contributed by atoms with Crippen LogP contribution in [0.25, 0.3) is 11.1 Å². The maximum absolute atomic E-state index is 13.6. The highest BCUT2D eigenvalue weighted by Gasteiger charge is 2.54. The Morgan fingerprint density at radius 3 is 2.32 bits per heavy atom. The predicted molar refractivity (Wildman–Crippen MR) is 177 cm³/mol. The Kier molecular flexibility index (Phi) is 9.81. The van der Waals surface area contributed by atoms with Crippen molar-refractivity contribution in [2.24, 2.45) is 5.73 Å². The zero-order valence-corrected chi connectivity index (χ0v) is 27.9. The van der Waals surface area contributed by atoms with E-state index in [4.69, 9.17) is 15.2 Å². The summed E-state index contributed by atoms with van der Waals surface area (Å²) in [4.78, 5) is 0.367. The van der Waals surface area contributed by atoms with Gasteiger partial charge in [-0.25, -0.2) is 16.8 Å². The van der Waals surface area contributed by atoms with E-state index >= 15 is 0 Å². The number of rotatable bonds is 13. The second-order valence-electron chi connectivity index (χ2n) is 12.9. The smallest absolute Gasteiger partial charge is 0.243 e. The molecule has 2 aliphatic heterocycles. The standard InChI is InChI=1S/C34H43N3O8S2/c35-20-25-7-9-26(10-8-25)27-3-1-6-32(17-27)47(42,43)37-15-13-33(14-16-37)19-28(22-45-33)36-21-29(39)23-44-30-4-2-5-31(18-30)46(40,41)34(24-38)11-12-34/h1-10,17-18,28-29,36,38-39H,11-16,19-24,35H2/t28-,29+/m1/s1. The number of hydrogen-bond acceptors (Lipinski definition) is 10. The number of sulfone groups is 1. The van der Waals surface area contributed by atoms with Crippen LogP contribution in [-0.2, 0) is 31.1 Å². The van der Waals surface area contributed by atoms with Crippen LogP contribution in [-0.4, -0.2) is 93.3 Å². The van der Waals surface area contributed by atoms with E-state index in [1.54, 1.807) is 30.3 Å². The summed E-state index contributed by atoms with van der Waals surface area (Å²) in [5.74, 6) is 0.330. The second kappa shape index (κ2) is 13.6. The van der Waals surface area contributed by atoms with Gasteiger partial charge in [0.05, 0.1) is 33.4 Å².